The highest BCUT2D eigenvalue weighted by Crippen LogP contribution is 2.49. The van der Waals surface area contributed by atoms with Crippen molar-refractivity contribution in [1.82, 2.24) is 0 Å². The number of allylic oxidation sites excluding steroid dienone is 1. The molecule has 2 aliphatic heterocycles. The highest BCUT2D eigenvalue weighted by atomic mass is 35.5. The number of nitrogens with two attached hydrogens (primary N) is 1. The van der Waals surface area contributed by atoms with E-state index in [2.05, 4.69) is 11.4 Å². The number of halogens is 2. The highest BCUT2D eigenvalue weighted by molar-refractivity contribution is 6.42. The number of fused-ring (bicyclic) bond motifs is 2. The second kappa shape index (κ2) is 6.26. The number of benzene rings is 2. The van der Waals surface area contributed by atoms with E-state index < -0.39 is 12.1 Å². The van der Waals surface area contributed by atoms with Crippen LogP contribution in [0.25, 0.3) is 5.76 Å². The third-order valence-corrected chi connectivity index (χ3v) is 5.34. The zero-order chi connectivity index (χ0) is 18.4. The van der Waals surface area contributed by atoms with Crippen LogP contribution >= 0.6 is 23.2 Å². The highest BCUT2D eigenvalue weighted by Gasteiger charge is 2.40. The van der Waals surface area contributed by atoms with Crippen LogP contribution in [0.15, 0.2) is 59.5 Å². The molecule has 0 spiro atoms. The lowest BCUT2D eigenvalue weighted by Gasteiger charge is -2.36. The van der Waals surface area contributed by atoms with Crippen molar-refractivity contribution >= 4 is 34.6 Å². The van der Waals surface area contributed by atoms with E-state index in [9.17, 15) is 10.4 Å². The second-order valence-corrected chi connectivity index (χ2v) is 6.73. The van der Waals surface area contributed by atoms with Crippen LogP contribution in [0, 0.1) is 11.3 Å². The number of aliphatic hydroxyl groups excluding tert-OH is 1. The second-order valence-electron chi connectivity index (χ2n) is 5.94. The van der Waals surface area contributed by atoms with E-state index in [0.29, 0.717) is 32.6 Å². The van der Waals surface area contributed by atoms with Gasteiger partial charge in [-0.3, -0.25) is 0 Å². The van der Waals surface area contributed by atoms with Crippen LogP contribution < -0.4 is 11.1 Å². The van der Waals surface area contributed by atoms with Gasteiger partial charge < -0.3 is 20.9 Å². The van der Waals surface area contributed by atoms with Crippen molar-refractivity contribution in [2.45, 2.75) is 12.1 Å². The van der Waals surface area contributed by atoms with E-state index >= 15 is 0 Å². The number of anilines is 1. The molecule has 2 aliphatic rings. The van der Waals surface area contributed by atoms with Gasteiger partial charge in [-0.05, 0) is 23.8 Å². The smallest absolute Gasteiger partial charge is 0.205 e. The van der Waals surface area contributed by atoms with Gasteiger partial charge in [-0.15, -0.1) is 0 Å². The Morgan fingerprint density at radius 1 is 1.15 bits per heavy atom. The Balaban J connectivity index is 2.01. The summed E-state index contributed by atoms with van der Waals surface area (Å²) < 4.78 is 5.75. The van der Waals surface area contributed by atoms with Gasteiger partial charge in [0.25, 0.3) is 0 Å². The molecular formula is C19H13Cl2N3O2. The minimum Gasteiger partial charge on any atom is -0.440 e. The van der Waals surface area contributed by atoms with Crippen LogP contribution in [-0.4, -0.2) is 11.3 Å². The predicted molar refractivity (Wildman–Crippen MR) is 100 cm³/mol. The Hall–Kier alpha value is -2.65. The van der Waals surface area contributed by atoms with Crippen LogP contribution in [0.5, 0.6) is 0 Å². The zero-order valence-electron chi connectivity index (χ0n) is 13.3. The minimum absolute atomic E-state index is 0.0174. The molecule has 0 saturated carbocycles. The number of rotatable bonds is 1. The normalized spacial score (nSPS) is 21.3. The summed E-state index contributed by atoms with van der Waals surface area (Å²) in [7, 11) is 0. The molecule has 2 atom stereocenters. The number of hydrogen-bond acceptors (Lipinski definition) is 5. The number of aliphatic hydroxyl groups is 1. The summed E-state index contributed by atoms with van der Waals surface area (Å²) in [5.41, 5.74) is 8.72. The molecule has 26 heavy (non-hydrogen) atoms. The third kappa shape index (κ3) is 2.43. The van der Waals surface area contributed by atoms with Gasteiger partial charge in [0, 0.05) is 16.8 Å². The van der Waals surface area contributed by atoms with Crippen LogP contribution in [0.3, 0.4) is 0 Å². The minimum atomic E-state index is -1.07. The molecule has 2 aromatic carbocycles. The number of hydrogen-bond donors (Lipinski definition) is 3. The monoisotopic (exact) mass is 385 g/mol. The van der Waals surface area contributed by atoms with Gasteiger partial charge in [-0.25, -0.2) is 0 Å². The molecule has 4 N–H and O–H groups in total. The predicted octanol–water partition coefficient (Wildman–Crippen LogP) is 3.96. The maximum Gasteiger partial charge on any atom is 0.205 e. The van der Waals surface area contributed by atoms with Crippen LogP contribution in [0.1, 0.15) is 17.0 Å². The average molecular weight is 386 g/mol. The number of ether oxygens (including phenoxy) is 1. The maximum absolute atomic E-state index is 10.7. The van der Waals surface area contributed by atoms with E-state index in [0.717, 1.165) is 5.56 Å². The SMILES string of the molecule is N#CC1=C(N)OC2=C([C@H]1c1cccc(Cl)c1Cl)[C@H](O)Nc1ccccc12. The lowest BCUT2D eigenvalue weighted by atomic mass is 9.80. The van der Waals surface area contributed by atoms with Crippen molar-refractivity contribution in [2.75, 3.05) is 5.32 Å². The molecule has 0 fully saturated rings. The molecule has 130 valence electrons. The molecule has 2 heterocycles. The van der Waals surface area contributed by atoms with Crippen molar-refractivity contribution in [1.29, 1.82) is 5.26 Å². The maximum atomic E-state index is 10.7. The summed E-state index contributed by atoms with van der Waals surface area (Å²) in [4.78, 5) is 0. The zero-order valence-corrected chi connectivity index (χ0v) is 14.8. The first-order valence-corrected chi connectivity index (χ1v) is 8.58. The van der Waals surface area contributed by atoms with Gasteiger partial charge in [-0.2, -0.15) is 5.26 Å². The Labute approximate surface area is 159 Å². The molecule has 0 amide bonds. The summed E-state index contributed by atoms with van der Waals surface area (Å²) in [5, 5.41) is 24.1. The summed E-state index contributed by atoms with van der Waals surface area (Å²) in [6.07, 6.45) is -1.07. The lowest BCUT2D eigenvalue weighted by molar-refractivity contribution is 0.221. The van der Waals surface area contributed by atoms with E-state index in [1.165, 1.54) is 0 Å². The molecule has 0 radical (unpaired) electrons. The molecule has 0 saturated heterocycles. The van der Waals surface area contributed by atoms with E-state index in [-0.39, 0.29) is 11.5 Å². The van der Waals surface area contributed by atoms with Gasteiger partial charge in [0.05, 0.1) is 16.0 Å². The fraction of sp³-hybridized carbons (Fsp3) is 0.105. The topological polar surface area (TPSA) is 91.3 Å². The standard InChI is InChI=1S/C19H13Cl2N3O2/c20-12-6-3-5-10(16(12)21)14-11(8-22)18(23)26-17-9-4-1-2-7-13(9)24-19(25)15(14)17/h1-7,14,19,24-25H,23H2/t14-,19-/m0/s1. The Morgan fingerprint density at radius 3 is 2.69 bits per heavy atom. The van der Waals surface area contributed by atoms with Crippen molar-refractivity contribution in [2.24, 2.45) is 5.73 Å². The molecule has 5 nitrogen and oxygen atoms in total. The van der Waals surface area contributed by atoms with Gasteiger partial charge in [-0.1, -0.05) is 47.5 Å². The van der Waals surface area contributed by atoms with Gasteiger partial charge in [0.15, 0.2) is 6.23 Å². The number of para-hydroxylation sites is 1. The molecular weight excluding hydrogens is 373 g/mol. The largest absolute Gasteiger partial charge is 0.440 e. The van der Waals surface area contributed by atoms with Gasteiger partial charge in [0.2, 0.25) is 5.88 Å². The van der Waals surface area contributed by atoms with Crippen molar-refractivity contribution in [3.8, 4) is 6.07 Å². The molecule has 4 rings (SSSR count). The van der Waals surface area contributed by atoms with Crippen LogP contribution in [0.2, 0.25) is 10.0 Å². The average Bonchev–Trinajstić information content (AvgIpc) is 2.63. The Bertz CT molecular complexity index is 1020. The molecule has 2 aromatic rings. The Kier molecular flexibility index (Phi) is 4.04. The molecule has 0 unspecified atom stereocenters. The van der Waals surface area contributed by atoms with Crippen molar-refractivity contribution in [3.05, 3.63) is 80.7 Å². The fourth-order valence-corrected chi connectivity index (χ4v) is 3.78. The van der Waals surface area contributed by atoms with E-state index in [1.807, 2.05) is 24.3 Å². The first-order valence-electron chi connectivity index (χ1n) is 7.82. The number of nitriles is 1. The fourth-order valence-electron chi connectivity index (χ4n) is 3.36. The van der Waals surface area contributed by atoms with E-state index in [1.54, 1.807) is 18.2 Å². The summed E-state index contributed by atoms with van der Waals surface area (Å²) in [5.74, 6) is -0.272. The summed E-state index contributed by atoms with van der Waals surface area (Å²) >= 11 is 12.6. The molecule has 0 aromatic heterocycles. The number of nitrogens with zero attached hydrogens (tertiary/aromatic N) is 1. The third-order valence-electron chi connectivity index (χ3n) is 4.51. The van der Waals surface area contributed by atoms with Crippen molar-refractivity contribution in [3.63, 3.8) is 0 Å². The first-order chi connectivity index (χ1) is 12.5. The molecule has 7 heteroatoms. The molecule has 0 aliphatic carbocycles. The van der Waals surface area contributed by atoms with Crippen molar-refractivity contribution < 1.29 is 9.84 Å². The quantitative estimate of drug-likeness (QED) is 0.690. The lowest BCUT2D eigenvalue weighted by Crippen LogP contribution is -2.34. The van der Waals surface area contributed by atoms with Gasteiger partial charge in [0.1, 0.15) is 17.4 Å². The van der Waals surface area contributed by atoms with Crippen LogP contribution in [-0.2, 0) is 4.74 Å². The first kappa shape index (κ1) is 16.8. The summed E-state index contributed by atoms with van der Waals surface area (Å²) in [6.45, 7) is 0. The van der Waals surface area contributed by atoms with Crippen LogP contribution in [0.4, 0.5) is 5.69 Å². The summed E-state index contributed by atoms with van der Waals surface area (Å²) in [6, 6.07) is 14.6. The van der Waals surface area contributed by atoms with Gasteiger partial charge >= 0.3 is 0 Å². The Morgan fingerprint density at radius 2 is 1.92 bits per heavy atom. The number of nitrogens with one attached hydrogen (secondary N) is 1. The molecule has 0 bridgehead atoms. The van der Waals surface area contributed by atoms with E-state index in [4.69, 9.17) is 33.7 Å².